The lowest BCUT2D eigenvalue weighted by Gasteiger charge is -2.09. The average Bonchev–Trinajstić information content (AvgIpc) is 2.61. The van der Waals surface area contributed by atoms with E-state index in [4.69, 9.17) is 14.6 Å². The number of rotatable bonds is 8. The van der Waals surface area contributed by atoms with Crippen molar-refractivity contribution in [2.75, 3.05) is 20.3 Å². The zero-order valence-electron chi connectivity index (χ0n) is 13.6. The average molecular weight is 346 g/mol. The molecule has 2 rings (SSSR count). The van der Waals surface area contributed by atoms with Crippen molar-refractivity contribution in [1.82, 2.24) is 9.55 Å². The SMILES string of the molecule is COc1ccc(C(=O)/C=C/c2cc(=O)[nH]c(=O)n2COCCO)cc1. The Morgan fingerprint density at radius 1 is 1.28 bits per heavy atom. The Hall–Kier alpha value is -2.97. The van der Waals surface area contributed by atoms with E-state index in [1.54, 1.807) is 24.3 Å². The van der Waals surface area contributed by atoms with Crippen molar-refractivity contribution in [3.05, 3.63) is 68.5 Å². The van der Waals surface area contributed by atoms with Gasteiger partial charge >= 0.3 is 5.69 Å². The van der Waals surface area contributed by atoms with E-state index in [2.05, 4.69) is 4.98 Å². The lowest BCUT2D eigenvalue weighted by atomic mass is 10.1. The van der Waals surface area contributed by atoms with Crippen molar-refractivity contribution in [3.8, 4) is 5.75 Å². The number of hydrogen-bond donors (Lipinski definition) is 2. The normalized spacial score (nSPS) is 11.0. The molecule has 2 aromatic rings. The molecule has 0 saturated heterocycles. The summed E-state index contributed by atoms with van der Waals surface area (Å²) in [5.41, 5.74) is -0.595. The van der Waals surface area contributed by atoms with E-state index in [1.807, 2.05) is 0 Å². The first-order valence-corrected chi connectivity index (χ1v) is 7.44. The van der Waals surface area contributed by atoms with Gasteiger partial charge < -0.3 is 14.6 Å². The number of carbonyl (C=O) groups excluding carboxylic acids is 1. The maximum absolute atomic E-state index is 12.2. The van der Waals surface area contributed by atoms with Crippen molar-refractivity contribution in [2.24, 2.45) is 0 Å². The van der Waals surface area contributed by atoms with Crippen LogP contribution in [0.2, 0.25) is 0 Å². The molecule has 0 unspecified atom stereocenters. The number of benzene rings is 1. The highest BCUT2D eigenvalue weighted by Gasteiger charge is 2.06. The van der Waals surface area contributed by atoms with Gasteiger partial charge in [-0.15, -0.1) is 0 Å². The van der Waals surface area contributed by atoms with E-state index in [0.29, 0.717) is 11.3 Å². The molecule has 0 atom stereocenters. The molecular weight excluding hydrogens is 328 g/mol. The molecule has 1 aromatic carbocycles. The molecule has 0 bridgehead atoms. The molecule has 132 valence electrons. The van der Waals surface area contributed by atoms with Gasteiger partial charge in [0.25, 0.3) is 5.56 Å². The molecular formula is C17H18N2O6. The first-order valence-electron chi connectivity index (χ1n) is 7.44. The van der Waals surface area contributed by atoms with Gasteiger partial charge in [0, 0.05) is 11.6 Å². The third kappa shape index (κ3) is 5.00. The van der Waals surface area contributed by atoms with Crippen LogP contribution in [0.4, 0.5) is 0 Å². The van der Waals surface area contributed by atoms with E-state index in [1.165, 1.54) is 25.3 Å². The lowest BCUT2D eigenvalue weighted by Crippen LogP contribution is -2.32. The van der Waals surface area contributed by atoms with Gasteiger partial charge in [-0.25, -0.2) is 4.79 Å². The van der Waals surface area contributed by atoms with Crippen molar-refractivity contribution in [3.63, 3.8) is 0 Å². The molecule has 2 N–H and O–H groups in total. The molecule has 0 aliphatic rings. The number of aliphatic hydroxyl groups excluding tert-OH is 1. The van der Waals surface area contributed by atoms with Gasteiger partial charge in [-0.3, -0.25) is 19.1 Å². The second kappa shape index (κ2) is 8.76. The monoisotopic (exact) mass is 346 g/mol. The molecule has 0 aliphatic carbocycles. The smallest absolute Gasteiger partial charge is 0.330 e. The number of carbonyl (C=O) groups is 1. The summed E-state index contributed by atoms with van der Waals surface area (Å²) < 4.78 is 11.3. The minimum Gasteiger partial charge on any atom is -0.497 e. The molecule has 8 nitrogen and oxygen atoms in total. The second-order valence-electron chi connectivity index (χ2n) is 4.98. The summed E-state index contributed by atoms with van der Waals surface area (Å²) in [5.74, 6) is 0.336. The Labute approximate surface area is 143 Å². The summed E-state index contributed by atoms with van der Waals surface area (Å²) in [6.45, 7) is -0.314. The predicted molar refractivity (Wildman–Crippen MR) is 90.7 cm³/mol. The van der Waals surface area contributed by atoms with Crippen molar-refractivity contribution in [2.45, 2.75) is 6.73 Å². The highest BCUT2D eigenvalue weighted by Crippen LogP contribution is 2.12. The Kier molecular flexibility index (Phi) is 6.44. The standard InChI is InChI=1S/C17H18N2O6/c1-24-14-5-2-12(3-6-14)15(21)7-4-13-10-16(22)18-17(23)19(13)11-25-9-8-20/h2-7,10,20H,8-9,11H2,1H3,(H,18,22,23)/b7-4+. The summed E-state index contributed by atoms with van der Waals surface area (Å²) in [6, 6.07) is 7.73. The molecule has 0 spiro atoms. The van der Waals surface area contributed by atoms with Crippen LogP contribution >= 0.6 is 0 Å². The summed E-state index contributed by atoms with van der Waals surface area (Å²) in [7, 11) is 1.53. The van der Waals surface area contributed by atoms with E-state index in [-0.39, 0.29) is 31.4 Å². The predicted octanol–water partition coefficient (Wildman–Crippen LogP) is 0.408. The molecule has 0 amide bonds. The lowest BCUT2D eigenvalue weighted by molar-refractivity contribution is 0.0453. The Bertz CT molecular complexity index is 864. The molecule has 0 fully saturated rings. The Morgan fingerprint density at radius 3 is 2.64 bits per heavy atom. The zero-order chi connectivity index (χ0) is 18.2. The first kappa shape index (κ1) is 18.4. The topological polar surface area (TPSA) is 111 Å². The maximum atomic E-state index is 12.2. The van der Waals surface area contributed by atoms with Gasteiger partial charge in [0.1, 0.15) is 12.5 Å². The highest BCUT2D eigenvalue weighted by atomic mass is 16.5. The van der Waals surface area contributed by atoms with Gasteiger partial charge in [-0.2, -0.15) is 0 Å². The van der Waals surface area contributed by atoms with E-state index in [9.17, 15) is 14.4 Å². The van der Waals surface area contributed by atoms with Gasteiger partial charge in [-0.05, 0) is 36.4 Å². The largest absolute Gasteiger partial charge is 0.497 e. The maximum Gasteiger partial charge on any atom is 0.330 e. The number of H-pyrrole nitrogens is 1. The second-order valence-corrected chi connectivity index (χ2v) is 4.98. The van der Waals surface area contributed by atoms with E-state index in [0.717, 1.165) is 4.57 Å². The van der Waals surface area contributed by atoms with Crippen LogP contribution in [0.1, 0.15) is 16.1 Å². The van der Waals surface area contributed by atoms with Crippen molar-refractivity contribution in [1.29, 1.82) is 0 Å². The number of nitrogens with zero attached hydrogens (tertiary/aromatic N) is 1. The minimum atomic E-state index is -0.665. The minimum absolute atomic E-state index is 0.0412. The quantitative estimate of drug-likeness (QED) is 0.407. The van der Waals surface area contributed by atoms with Crippen LogP contribution in [0.15, 0.2) is 46.0 Å². The van der Waals surface area contributed by atoms with E-state index >= 15 is 0 Å². The Balaban J connectivity index is 2.24. The van der Waals surface area contributed by atoms with Crippen LogP contribution in [-0.2, 0) is 11.5 Å². The number of aromatic nitrogens is 2. The van der Waals surface area contributed by atoms with Crippen LogP contribution in [0.3, 0.4) is 0 Å². The summed E-state index contributed by atoms with van der Waals surface area (Å²) in [6.07, 6.45) is 2.63. The number of allylic oxidation sites excluding steroid dienone is 1. The molecule has 8 heteroatoms. The number of ether oxygens (including phenoxy) is 2. The number of hydrogen-bond acceptors (Lipinski definition) is 6. The van der Waals surface area contributed by atoms with Crippen LogP contribution in [0, 0.1) is 0 Å². The number of nitrogens with one attached hydrogen (secondary N) is 1. The fourth-order valence-electron chi connectivity index (χ4n) is 2.04. The molecule has 0 saturated carbocycles. The third-order valence-corrected chi connectivity index (χ3v) is 3.30. The number of ketones is 1. The first-order chi connectivity index (χ1) is 12.0. The molecule has 0 aliphatic heterocycles. The van der Waals surface area contributed by atoms with Crippen LogP contribution < -0.4 is 16.0 Å². The van der Waals surface area contributed by atoms with Crippen molar-refractivity contribution < 1.29 is 19.4 Å². The number of aromatic amines is 1. The third-order valence-electron chi connectivity index (χ3n) is 3.30. The van der Waals surface area contributed by atoms with Crippen molar-refractivity contribution >= 4 is 11.9 Å². The summed E-state index contributed by atoms with van der Waals surface area (Å²) in [5, 5.41) is 8.73. The van der Waals surface area contributed by atoms with E-state index < -0.39 is 11.2 Å². The fourth-order valence-corrected chi connectivity index (χ4v) is 2.04. The van der Waals surface area contributed by atoms with Gasteiger partial charge in [0.2, 0.25) is 0 Å². The number of aliphatic hydroxyl groups is 1. The summed E-state index contributed by atoms with van der Waals surface area (Å²) in [4.78, 5) is 37.7. The molecule has 1 aromatic heterocycles. The van der Waals surface area contributed by atoms with Crippen LogP contribution in [-0.4, -0.2) is 40.8 Å². The zero-order valence-corrected chi connectivity index (χ0v) is 13.6. The Morgan fingerprint density at radius 2 is 2.00 bits per heavy atom. The number of methoxy groups -OCH3 is 1. The summed E-state index contributed by atoms with van der Waals surface area (Å²) >= 11 is 0. The molecule has 0 radical (unpaired) electrons. The van der Waals surface area contributed by atoms with Crippen LogP contribution in [0.5, 0.6) is 5.75 Å². The van der Waals surface area contributed by atoms with Gasteiger partial charge in [0.15, 0.2) is 5.78 Å². The molecule has 25 heavy (non-hydrogen) atoms. The van der Waals surface area contributed by atoms with Gasteiger partial charge in [-0.1, -0.05) is 0 Å². The van der Waals surface area contributed by atoms with Gasteiger partial charge in [0.05, 0.1) is 26.0 Å². The molecule has 1 heterocycles. The fraction of sp³-hybridized carbons (Fsp3) is 0.235. The highest BCUT2D eigenvalue weighted by molar-refractivity contribution is 6.06. The van der Waals surface area contributed by atoms with Crippen LogP contribution in [0.25, 0.3) is 6.08 Å².